The van der Waals surface area contributed by atoms with Crippen molar-refractivity contribution in [1.82, 2.24) is 14.8 Å². The number of hydrogen-bond donors (Lipinski definition) is 1. The fourth-order valence-corrected chi connectivity index (χ4v) is 3.25. The molecule has 0 saturated heterocycles. The van der Waals surface area contributed by atoms with Crippen LogP contribution in [0.5, 0.6) is 0 Å². The highest BCUT2D eigenvalue weighted by Gasteiger charge is 2.12. The first-order valence-electron chi connectivity index (χ1n) is 7.27. The maximum absolute atomic E-state index is 9.26. The molecule has 1 aromatic carbocycles. The van der Waals surface area contributed by atoms with Crippen LogP contribution in [0.4, 0.5) is 5.13 Å². The number of aliphatic hydroxyl groups is 1. The maximum Gasteiger partial charge on any atom is 0.187 e. The van der Waals surface area contributed by atoms with E-state index in [1.165, 1.54) is 16.9 Å². The van der Waals surface area contributed by atoms with E-state index in [4.69, 9.17) is 11.6 Å². The molecule has 0 saturated carbocycles. The van der Waals surface area contributed by atoms with E-state index >= 15 is 0 Å². The van der Waals surface area contributed by atoms with Crippen molar-refractivity contribution in [3.63, 3.8) is 0 Å². The van der Waals surface area contributed by atoms with Crippen molar-refractivity contribution < 1.29 is 5.11 Å². The van der Waals surface area contributed by atoms with Gasteiger partial charge in [-0.25, -0.2) is 4.98 Å². The largest absolute Gasteiger partial charge is 0.395 e. The van der Waals surface area contributed by atoms with Gasteiger partial charge in [-0.2, -0.15) is 5.10 Å². The first-order valence-corrected chi connectivity index (χ1v) is 8.46. The van der Waals surface area contributed by atoms with Gasteiger partial charge in [0, 0.05) is 24.8 Å². The molecule has 5 nitrogen and oxygen atoms in total. The highest BCUT2D eigenvalue weighted by Crippen LogP contribution is 2.27. The van der Waals surface area contributed by atoms with Gasteiger partial charge in [0.15, 0.2) is 5.13 Å². The number of benzene rings is 1. The topological polar surface area (TPSA) is 54.2 Å². The molecule has 0 spiro atoms. The van der Waals surface area contributed by atoms with Gasteiger partial charge >= 0.3 is 0 Å². The fourth-order valence-electron chi connectivity index (χ4n) is 2.32. The molecule has 120 valence electrons. The zero-order valence-corrected chi connectivity index (χ0v) is 14.0. The predicted octanol–water partition coefficient (Wildman–Crippen LogP) is 3.04. The zero-order valence-electron chi connectivity index (χ0n) is 12.5. The molecule has 0 bridgehead atoms. The van der Waals surface area contributed by atoms with Crippen molar-refractivity contribution in [2.24, 2.45) is 0 Å². The molecular weight excluding hydrogens is 332 g/mol. The van der Waals surface area contributed by atoms with E-state index in [2.05, 4.69) is 22.2 Å². The number of thiazole rings is 1. The summed E-state index contributed by atoms with van der Waals surface area (Å²) < 4.78 is 2.55. The van der Waals surface area contributed by atoms with Gasteiger partial charge in [0.25, 0.3) is 0 Å². The first-order chi connectivity index (χ1) is 11.2. The molecule has 0 aliphatic heterocycles. The van der Waals surface area contributed by atoms with Crippen molar-refractivity contribution in [3.05, 3.63) is 64.4 Å². The first kappa shape index (κ1) is 16.0. The normalized spacial score (nSPS) is 10.9. The number of nitrogens with zero attached hydrogens (tertiary/aromatic N) is 4. The summed E-state index contributed by atoms with van der Waals surface area (Å²) in [6.07, 6.45) is 5.50. The number of aromatic nitrogens is 3. The van der Waals surface area contributed by atoms with E-state index in [0.29, 0.717) is 17.4 Å². The SMILES string of the molecule is OCCN(Cc1cnn(Cc2ccccc2)c1)c1ncc(Cl)s1. The molecule has 23 heavy (non-hydrogen) atoms. The Kier molecular flexibility index (Phi) is 5.27. The molecule has 0 aliphatic rings. The monoisotopic (exact) mass is 348 g/mol. The molecule has 2 heterocycles. The lowest BCUT2D eigenvalue weighted by Crippen LogP contribution is -2.25. The van der Waals surface area contributed by atoms with Crippen LogP contribution in [0.2, 0.25) is 4.34 Å². The number of halogens is 1. The molecule has 3 rings (SSSR count). The number of rotatable bonds is 7. The molecule has 2 aromatic heterocycles. The van der Waals surface area contributed by atoms with Gasteiger partial charge in [-0.15, -0.1) is 0 Å². The molecule has 0 aliphatic carbocycles. The predicted molar refractivity (Wildman–Crippen MR) is 93.0 cm³/mol. The number of hydrogen-bond acceptors (Lipinski definition) is 5. The van der Waals surface area contributed by atoms with Gasteiger partial charge in [0.05, 0.1) is 25.5 Å². The highest BCUT2D eigenvalue weighted by molar-refractivity contribution is 7.19. The third-order valence-corrected chi connectivity index (χ3v) is 4.53. The summed E-state index contributed by atoms with van der Waals surface area (Å²) in [5.41, 5.74) is 2.28. The van der Waals surface area contributed by atoms with Crippen molar-refractivity contribution in [3.8, 4) is 0 Å². The van der Waals surface area contributed by atoms with E-state index in [0.717, 1.165) is 17.2 Å². The van der Waals surface area contributed by atoms with Crippen LogP contribution in [0.3, 0.4) is 0 Å². The summed E-state index contributed by atoms with van der Waals surface area (Å²) in [6.45, 7) is 1.95. The van der Waals surface area contributed by atoms with Crippen molar-refractivity contribution in [1.29, 1.82) is 0 Å². The summed E-state index contributed by atoms with van der Waals surface area (Å²) in [5.74, 6) is 0. The Hall–Kier alpha value is -1.89. The average Bonchev–Trinajstić information content (AvgIpc) is 3.17. The van der Waals surface area contributed by atoms with Gasteiger partial charge in [-0.3, -0.25) is 4.68 Å². The Bertz CT molecular complexity index is 743. The van der Waals surface area contributed by atoms with Crippen LogP contribution in [-0.4, -0.2) is 33.0 Å². The van der Waals surface area contributed by atoms with Crippen LogP contribution in [0.1, 0.15) is 11.1 Å². The van der Waals surface area contributed by atoms with Gasteiger partial charge in [0.2, 0.25) is 0 Å². The second-order valence-corrected chi connectivity index (χ2v) is 6.76. The van der Waals surface area contributed by atoms with Crippen LogP contribution in [0.15, 0.2) is 48.9 Å². The Balaban J connectivity index is 1.69. The van der Waals surface area contributed by atoms with Gasteiger partial charge in [-0.05, 0) is 5.56 Å². The molecule has 0 amide bonds. The summed E-state index contributed by atoms with van der Waals surface area (Å²) in [5, 5.41) is 14.5. The summed E-state index contributed by atoms with van der Waals surface area (Å²) in [4.78, 5) is 6.28. The molecule has 1 N–H and O–H groups in total. The van der Waals surface area contributed by atoms with Crippen molar-refractivity contribution in [2.45, 2.75) is 13.1 Å². The lowest BCUT2D eigenvalue weighted by atomic mass is 10.2. The third-order valence-electron chi connectivity index (χ3n) is 3.35. The number of anilines is 1. The quantitative estimate of drug-likeness (QED) is 0.713. The Morgan fingerprint density at radius 1 is 1.17 bits per heavy atom. The Morgan fingerprint density at radius 3 is 2.70 bits per heavy atom. The number of aliphatic hydroxyl groups excluding tert-OH is 1. The Labute approximate surface area is 143 Å². The van der Waals surface area contributed by atoms with Crippen molar-refractivity contribution in [2.75, 3.05) is 18.1 Å². The molecule has 0 atom stereocenters. The van der Waals surface area contributed by atoms with Crippen LogP contribution < -0.4 is 4.90 Å². The third kappa shape index (κ3) is 4.31. The summed E-state index contributed by atoms with van der Waals surface area (Å²) in [7, 11) is 0. The minimum Gasteiger partial charge on any atom is -0.395 e. The van der Waals surface area contributed by atoms with Gasteiger partial charge in [-0.1, -0.05) is 53.3 Å². The lowest BCUT2D eigenvalue weighted by Gasteiger charge is -2.19. The molecule has 3 aromatic rings. The standard InChI is InChI=1S/C16H17ClN4OS/c17-15-9-18-16(23-15)20(6-7-22)10-14-8-19-21(12-14)11-13-4-2-1-3-5-13/h1-5,8-9,12,22H,6-7,10-11H2. The van der Waals surface area contributed by atoms with E-state index in [1.54, 1.807) is 6.20 Å². The summed E-state index contributed by atoms with van der Waals surface area (Å²) in [6, 6.07) is 10.2. The highest BCUT2D eigenvalue weighted by atomic mass is 35.5. The second-order valence-electron chi connectivity index (χ2n) is 5.12. The second kappa shape index (κ2) is 7.59. The smallest absolute Gasteiger partial charge is 0.187 e. The lowest BCUT2D eigenvalue weighted by molar-refractivity contribution is 0.301. The van der Waals surface area contributed by atoms with Gasteiger partial charge in [0.1, 0.15) is 4.34 Å². The molecule has 0 radical (unpaired) electrons. The minimum absolute atomic E-state index is 0.0648. The van der Waals surface area contributed by atoms with Crippen molar-refractivity contribution >= 4 is 28.1 Å². The van der Waals surface area contributed by atoms with Gasteiger partial charge < -0.3 is 10.0 Å². The minimum atomic E-state index is 0.0648. The average molecular weight is 349 g/mol. The van der Waals surface area contributed by atoms with E-state index in [1.807, 2.05) is 40.2 Å². The maximum atomic E-state index is 9.26. The summed E-state index contributed by atoms with van der Waals surface area (Å²) >= 11 is 7.36. The molecular formula is C16H17ClN4OS. The van der Waals surface area contributed by atoms with E-state index in [9.17, 15) is 5.11 Å². The van der Waals surface area contributed by atoms with Crippen LogP contribution in [0.25, 0.3) is 0 Å². The van der Waals surface area contributed by atoms with E-state index in [-0.39, 0.29) is 6.61 Å². The van der Waals surface area contributed by atoms with Crippen LogP contribution in [0, 0.1) is 0 Å². The molecule has 0 fully saturated rings. The van der Waals surface area contributed by atoms with Crippen LogP contribution >= 0.6 is 22.9 Å². The molecule has 7 heteroatoms. The van der Waals surface area contributed by atoms with E-state index < -0.39 is 0 Å². The van der Waals surface area contributed by atoms with Crippen LogP contribution in [-0.2, 0) is 13.1 Å². The zero-order chi connectivity index (χ0) is 16.1. The fraction of sp³-hybridized carbons (Fsp3) is 0.250. The Morgan fingerprint density at radius 2 is 2.00 bits per heavy atom. The molecule has 0 unspecified atom stereocenters.